The lowest BCUT2D eigenvalue weighted by atomic mass is 10.1. The van der Waals surface area contributed by atoms with Crippen molar-refractivity contribution in [2.45, 2.75) is 32.6 Å². The first kappa shape index (κ1) is 12.9. The van der Waals surface area contributed by atoms with Crippen LogP contribution in [0.4, 0.5) is 0 Å². The zero-order valence-electron chi connectivity index (χ0n) is 9.95. The average Bonchev–Trinajstić information content (AvgIpc) is 2.71. The highest BCUT2D eigenvalue weighted by Gasteiger charge is 2.20. The molecule has 0 amide bonds. The Hall–Kier alpha value is -0.120. The zero-order chi connectivity index (χ0) is 10.9. The van der Waals surface area contributed by atoms with E-state index in [9.17, 15) is 0 Å². The second kappa shape index (κ2) is 8.08. The van der Waals surface area contributed by atoms with Crippen LogP contribution in [0.3, 0.4) is 0 Å². The van der Waals surface area contributed by atoms with E-state index in [4.69, 9.17) is 9.84 Å². The molecule has 0 aliphatic carbocycles. The van der Waals surface area contributed by atoms with Gasteiger partial charge in [0.1, 0.15) is 0 Å². The van der Waals surface area contributed by atoms with Gasteiger partial charge in [0.15, 0.2) is 0 Å². The number of ether oxygens (including phenoxy) is 1. The van der Waals surface area contributed by atoms with Crippen LogP contribution in [-0.4, -0.2) is 49.5 Å². The van der Waals surface area contributed by atoms with Crippen LogP contribution in [0.2, 0.25) is 0 Å². The highest BCUT2D eigenvalue weighted by molar-refractivity contribution is 4.74. The van der Waals surface area contributed by atoms with E-state index < -0.39 is 0 Å². The van der Waals surface area contributed by atoms with Gasteiger partial charge in [0, 0.05) is 32.9 Å². The molecule has 1 atom stereocenters. The standard InChI is InChI=1S/C12H25NO2/c1-2-3-8-15-9-4-6-13-7-5-12(10-13)11-14/h12,14H,2-11H2,1H3. The van der Waals surface area contributed by atoms with Gasteiger partial charge >= 0.3 is 0 Å². The first-order valence-electron chi connectivity index (χ1n) is 6.27. The van der Waals surface area contributed by atoms with Crippen LogP contribution >= 0.6 is 0 Å². The lowest BCUT2D eigenvalue weighted by Crippen LogP contribution is -2.23. The topological polar surface area (TPSA) is 32.7 Å². The summed E-state index contributed by atoms with van der Waals surface area (Å²) >= 11 is 0. The molecule has 0 saturated carbocycles. The van der Waals surface area contributed by atoms with Gasteiger partial charge < -0.3 is 14.7 Å². The Labute approximate surface area is 93.4 Å². The van der Waals surface area contributed by atoms with Gasteiger partial charge in [-0.3, -0.25) is 0 Å². The third-order valence-electron chi connectivity index (χ3n) is 3.03. The van der Waals surface area contributed by atoms with Gasteiger partial charge in [0.25, 0.3) is 0 Å². The van der Waals surface area contributed by atoms with Gasteiger partial charge in [0.2, 0.25) is 0 Å². The predicted octanol–water partition coefficient (Wildman–Crippen LogP) is 1.51. The van der Waals surface area contributed by atoms with Crippen molar-refractivity contribution in [2.75, 3.05) is 39.5 Å². The molecule has 1 heterocycles. The summed E-state index contributed by atoms with van der Waals surface area (Å²) in [7, 11) is 0. The first-order chi connectivity index (χ1) is 7.36. The minimum Gasteiger partial charge on any atom is -0.396 e. The molecule has 0 aromatic rings. The molecule has 0 bridgehead atoms. The van der Waals surface area contributed by atoms with E-state index >= 15 is 0 Å². The maximum Gasteiger partial charge on any atom is 0.0478 e. The summed E-state index contributed by atoms with van der Waals surface area (Å²) in [6.07, 6.45) is 4.68. The fraction of sp³-hybridized carbons (Fsp3) is 1.00. The molecule has 1 aliphatic rings. The Kier molecular flexibility index (Phi) is 6.98. The van der Waals surface area contributed by atoms with E-state index in [0.29, 0.717) is 12.5 Å². The maximum absolute atomic E-state index is 9.00. The molecule has 1 rings (SSSR count). The number of likely N-dealkylation sites (tertiary alicyclic amines) is 1. The number of rotatable bonds is 8. The van der Waals surface area contributed by atoms with Crippen LogP contribution in [0, 0.1) is 5.92 Å². The van der Waals surface area contributed by atoms with E-state index in [1.807, 2.05) is 0 Å². The van der Waals surface area contributed by atoms with E-state index in [0.717, 1.165) is 45.7 Å². The Balaban J connectivity index is 1.88. The molecule has 1 N–H and O–H groups in total. The predicted molar refractivity (Wildman–Crippen MR) is 62.0 cm³/mol. The molecule has 1 aliphatic heterocycles. The summed E-state index contributed by atoms with van der Waals surface area (Å²) in [6, 6.07) is 0. The van der Waals surface area contributed by atoms with Crippen molar-refractivity contribution in [1.29, 1.82) is 0 Å². The van der Waals surface area contributed by atoms with Crippen molar-refractivity contribution in [2.24, 2.45) is 5.92 Å². The number of nitrogens with zero attached hydrogens (tertiary/aromatic N) is 1. The fourth-order valence-electron chi connectivity index (χ4n) is 2.00. The maximum atomic E-state index is 9.00. The quantitative estimate of drug-likeness (QED) is 0.623. The molecule has 3 nitrogen and oxygen atoms in total. The Bertz CT molecular complexity index is 153. The number of unbranched alkanes of at least 4 members (excludes halogenated alkanes) is 1. The summed E-state index contributed by atoms with van der Waals surface area (Å²) in [4.78, 5) is 2.43. The number of aliphatic hydroxyl groups excluding tert-OH is 1. The third kappa shape index (κ3) is 5.50. The third-order valence-corrected chi connectivity index (χ3v) is 3.03. The molecule has 90 valence electrons. The number of hydrogen-bond donors (Lipinski definition) is 1. The van der Waals surface area contributed by atoms with Gasteiger partial charge in [-0.2, -0.15) is 0 Å². The van der Waals surface area contributed by atoms with Crippen molar-refractivity contribution in [3.8, 4) is 0 Å². The summed E-state index contributed by atoms with van der Waals surface area (Å²) in [6.45, 7) is 7.69. The Morgan fingerprint density at radius 3 is 2.80 bits per heavy atom. The summed E-state index contributed by atoms with van der Waals surface area (Å²) < 4.78 is 5.51. The molecule has 1 fully saturated rings. The van der Waals surface area contributed by atoms with Crippen molar-refractivity contribution >= 4 is 0 Å². The average molecular weight is 215 g/mol. The van der Waals surface area contributed by atoms with Crippen molar-refractivity contribution in [3.63, 3.8) is 0 Å². The van der Waals surface area contributed by atoms with E-state index in [2.05, 4.69) is 11.8 Å². The number of aliphatic hydroxyl groups is 1. The second-order valence-corrected chi connectivity index (χ2v) is 4.46. The van der Waals surface area contributed by atoms with Crippen LogP contribution in [-0.2, 0) is 4.74 Å². The number of hydrogen-bond acceptors (Lipinski definition) is 3. The van der Waals surface area contributed by atoms with Gasteiger partial charge in [-0.05, 0) is 31.7 Å². The van der Waals surface area contributed by atoms with Gasteiger partial charge in [-0.1, -0.05) is 13.3 Å². The zero-order valence-corrected chi connectivity index (χ0v) is 9.95. The van der Waals surface area contributed by atoms with Crippen molar-refractivity contribution in [1.82, 2.24) is 4.90 Å². The van der Waals surface area contributed by atoms with Crippen LogP contribution in [0.25, 0.3) is 0 Å². The SMILES string of the molecule is CCCCOCCCN1CCC(CO)C1. The van der Waals surface area contributed by atoms with Gasteiger partial charge in [-0.15, -0.1) is 0 Å². The molecular weight excluding hydrogens is 190 g/mol. The molecule has 0 spiro atoms. The summed E-state index contributed by atoms with van der Waals surface area (Å²) in [5.41, 5.74) is 0. The smallest absolute Gasteiger partial charge is 0.0478 e. The highest BCUT2D eigenvalue weighted by atomic mass is 16.5. The van der Waals surface area contributed by atoms with Crippen LogP contribution in [0.15, 0.2) is 0 Å². The van der Waals surface area contributed by atoms with Crippen LogP contribution < -0.4 is 0 Å². The molecule has 3 heteroatoms. The van der Waals surface area contributed by atoms with Crippen molar-refractivity contribution in [3.05, 3.63) is 0 Å². The molecule has 0 aromatic heterocycles. The normalized spacial score (nSPS) is 22.4. The van der Waals surface area contributed by atoms with Crippen LogP contribution in [0.1, 0.15) is 32.6 Å². The summed E-state index contributed by atoms with van der Waals surface area (Å²) in [5.74, 6) is 0.519. The molecule has 15 heavy (non-hydrogen) atoms. The molecule has 0 radical (unpaired) electrons. The monoisotopic (exact) mass is 215 g/mol. The van der Waals surface area contributed by atoms with Gasteiger partial charge in [0.05, 0.1) is 0 Å². The molecular formula is C12H25NO2. The Morgan fingerprint density at radius 2 is 2.13 bits per heavy atom. The molecule has 1 unspecified atom stereocenters. The highest BCUT2D eigenvalue weighted by Crippen LogP contribution is 2.15. The van der Waals surface area contributed by atoms with Crippen molar-refractivity contribution < 1.29 is 9.84 Å². The minimum atomic E-state index is 0.351. The van der Waals surface area contributed by atoms with E-state index in [1.165, 1.54) is 12.8 Å². The van der Waals surface area contributed by atoms with Crippen LogP contribution in [0.5, 0.6) is 0 Å². The van der Waals surface area contributed by atoms with E-state index in [-0.39, 0.29) is 0 Å². The second-order valence-electron chi connectivity index (χ2n) is 4.46. The summed E-state index contributed by atoms with van der Waals surface area (Å²) in [5, 5.41) is 9.00. The Morgan fingerprint density at radius 1 is 1.33 bits per heavy atom. The lowest BCUT2D eigenvalue weighted by molar-refractivity contribution is 0.120. The largest absolute Gasteiger partial charge is 0.396 e. The fourth-order valence-corrected chi connectivity index (χ4v) is 2.00. The molecule has 0 aromatic carbocycles. The van der Waals surface area contributed by atoms with E-state index in [1.54, 1.807) is 0 Å². The lowest BCUT2D eigenvalue weighted by Gasteiger charge is -2.15. The first-order valence-corrected chi connectivity index (χ1v) is 6.27. The minimum absolute atomic E-state index is 0.351. The van der Waals surface area contributed by atoms with Gasteiger partial charge in [-0.25, -0.2) is 0 Å². The molecule has 1 saturated heterocycles.